The van der Waals surface area contributed by atoms with Crippen molar-refractivity contribution < 1.29 is 4.79 Å². The van der Waals surface area contributed by atoms with Gasteiger partial charge in [0.25, 0.3) is 0 Å². The van der Waals surface area contributed by atoms with Crippen LogP contribution in [-0.2, 0) is 11.8 Å². The normalized spacial score (nSPS) is 16.5. The topological polar surface area (TPSA) is 88.8 Å². The van der Waals surface area contributed by atoms with Gasteiger partial charge in [-0.3, -0.25) is 9.48 Å². The Morgan fingerprint density at radius 2 is 2.32 bits per heavy atom. The molecule has 3 aromatic heterocycles. The predicted molar refractivity (Wildman–Crippen MR) is 111 cm³/mol. The highest BCUT2D eigenvalue weighted by Gasteiger charge is 2.26. The third-order valence-corrected chi connectivity index (χ3v) is 6.54. The molecule has 0 radical (unpaired) electrons. The van der Waals surface area contributed by atoms with E-state index in [4.69, 9.17) is 0 Å². The van der Waals surface area contributed by atoms with Gasteiger partial charge in [-0.2, -0.15) is 5.10 Å². The largest absolute Gasteiger partial charge is 0.351 e. The van der Waals surface area contributed by atoms with Crippen LogP contribution in [0.15, 0.2) is 34.4 Å². The molecule has 0 saturated carbocycles. The van der Waals surface area contributed by atoms with Crippen molar-refractivity contribution in [2.45, 2.75) is 23.7 Å². The van der Waals surface area contributed by atoms with Crippen LogP contribution < -0.4 is 10.2 Å². The summed E-state index contributed by atoms with van der Waals surface area (Å²) in [6.45, 7) is 3.49. The summed E-state index contributed by atoms with van der Waals surface area (Å²) in [5.74, 6) is 1.11. The first-order valence-corrected chi connectivity index (χ1v) is 10.8. The zero-order valence-electron chi connectivity index (χ0n) is 15.7. The van der Waals surface area contributed by atoms with E-state index >= 15 is 0 Å². The fraction of sp³-hybridized carbons (Fsp3) is 0.389. The number of aromatic nitrogens is 5. The number of rotatable bonds is 6. The molecule has 1 aliphatic heterocycles. The Morgan fingerprint density at radius 1 is 1.43 bits per heavy atom. The van der Waals surface area contributed by atoms with E-state index in [1.807, 2.05) is 31.6 Å². The highest BCUT2D eigenvalue weighted by Crippen LogP contribution is 2.23. The van der Waals surface area contributed by atoms with Gasteiger partial charge in [-0.25, -0.2) is 15.0 Å². The van der Waals surface area contributed by atoms with Gasteiger partial charge in [0.15, 0.2) is 4.34 Å². The van der Waals surface area contributed by atoms with Crippen LogP contribution in [0.4, 0.5) is 5.95 Å². The lowest BCUT2D eigenvalue weighted by Crippen LogP contribution is -2.38. The van der Waals surface area contributed by atoms with E-state index in [-0.39, 0.29) is 11.9 Å². The smallest absolute Gasteiger partial charge is 0.230 e. The second-order valence-corrected chi connectivity index (χ2v) is 8.77. The summed E-state index contributed by atoms with van der Waals surface area (Å²) in [7, 11) is 1.88. The van der Waals surface area contributed by atoms with Crippen LogP contribution >= 0.6 is 23.1 Å². The third kappa shape index (κ3) is 4.50. The van der Waals surface area contributed by atoms with E-state index in [1.54, 1.807) is 28.4 Å². The number of carbonyl (C=O) groups is 1. The third-order valence-electron chi connectivity index (χ3n) is 4.40. The van der Waals surface area contributed by atoms with E-state index in [2.05, 4.69) is 30.3 Å². The van der Waals surface area contributed by atoms with E-state index in [0.717, 1.165) is 34.3 Å². The summed E-state index contributed by atoms with van der Waals surface area (Å²) >= 11 is 3.05. The maximum atomic E-state index is 12.2. The van der Waals surface area contributed by atoms with E-state index in [0.29, 0.717) is 18.2 Å². The SMILES string of the molecule is Cc1csc(SCC(=O)NC2CCN(c3nccc(-c4cnn(C)c4)n3)C2)n1. The summed E-state index contributed by atoms with van der Waals surface area (Å²) in [4.78, 5) is 27.8. The Balaban J connectivity index is 1.32. The van der Waals surface area contributed by atoms with Crippen molar-refractivity contribution >= 4 is 35.0 Å². The fourth-order valence-electron chi connectivity index (χ4n) is 3.07. The van der Waals surface area contributed by atoms with E-state index < -0.39 is 0 Å². The molecule has 8 nitrogen and oxygen atoms in total. The zero-order chi connectivity index (χ0) is 19.5. The molecule has 1 amide bonds. The minimum atomic E-state index is 0.0368. The fourth-order valence-corrected chi connectivity index (χ4v) is 4.73. The number of nitrogens with zero attached hydrogens (tertiary/aromatic N) is 6. The maximum Gasteiger partial charge on any atom is 0.230 e. The number of hydrogen-bond acceptors (Lipinski definition) is 8. The second kappa shape index (κ2) is 8.27. The van der Waals surface area contributed by atoms with Gasteiger partial charge in [0.05, 0.1) is 17.6 Å². The molecule has 146 valence electrons. The number of carbonyl (C=O) groups excluding carboxylic acids is 1. The highest BCUT2D eigenvalue weighted by molar-refractivity contribution is 8.01. The lowest BCUT2D eigenvalue weighted by molar-refractivity contribution is -0.119. The highest BCUT2D eigenvalue weighted by atomic mass is 32.2. The van der Waals surface area contributed by atoms with Gasteiger partial charge in [0.1, 0.15) is 0 Å². The Morgan fingerprint density at radius 3 is 3.07 bits per heavy atom. The summed E-state index contributed by atoms with van der Waals surface area (Å²) in [5, 5.41) is 9.30. The van der Waals surface area contributed by atoms with Crippen LogP contribution in [0, 0.1) is 6.92 Å². The molecule has 0 bridgehead atoms. The Bertz CT molecular complexity index is 970. The lowest BCUT2D eigenvalue weighted by atomic mass is 10.2. The van der Waals surface area contributed by atoms with Crippen LogP contribution in [0.25, 0.3) is 11.3 Å². The molecule has 1 fully saturated rings. The number of thioether (sulfide) groups is 1. The number of aryl methyl sites for hydroxylation is 2. The average molecular weight is 416 g/mol. The Hall–Kier alpha value is -2.46. The molecule has 0 spiro atoms. The standard InChI is InChI=1S/C18H21N7OS2/c1-12-10-27-18(21-12)28-11-16(26)22-14-4-6-25(9-14)17-19-5-3-15(23-17)13-7-20-24(2)8-13/h3,5,7-8,10,14H,4,6,9,11H2,1-2H3,(H,22,26). The van der Waals surface area contributed by atoms with Crippen molar-refractivity contribution in [3.05, 3.63) is 35.7 Å². The van der Waals surface area contributed by atoms with Crippen LogP contribution in [-0.4, -0.2) is 55.5 Å². The Kier molecular flexibility index (Phi) is 5.58. The summed E-state index contributed by atoms with van der Waals surface area (Å²) in [6, 6.07) is 1.99. The summed E-state index contributed by atoms with van der Waals surface area (Å²) in [5.41, 5.74) is 2.80. The minimum absolute atomic E-state index is 0.0368. The maximum absolute atomic E-state index is 12.2. The molecule has 0 aromatic carbocycles. The molecule has 28 heavy (non-hydrogen) atoms. The molecule has 3 aromatic rings. The molecule has 1 atom stereocenters. The average Bonchev–Trinajstić information content (AvgIpc) is 3.42. The minimum Gasteiger partial charge on any atom is -0.351 e. The van der Waals surface area contributed by atoms with Crippen molar-refractivity contribution in [2.75, 3.05) is 23.7 Å². The molecule has 1 N–H and O–H groups in total. The first kappa shape index (κ1) is 18.9. The van der Waals surface area contributed by atoms with Gasteiger partial charge < -0.3 is 10.2 Å². The molecule has 10 heteroatoms. The van der Waals surface area contributed by atoms with Gasteiger partial charge in [-0.15, -0.1) is 11.3 Å². The quantitative estimate of drug-likeness (QED) is 0.617. The van der Waals surface area contributed by atoms with Gasteiger partial charge in [-0.05, 0) is 19.4 Å². The van der Waals surface area contributed by atoms with E-state index in [9.17, 15) is 4.79 Å². The van der Waals surface area contributed by atoms with E-state index in [1.165, 1.54) is 11.8 Å². The zero-order valence-corrected chi connectivity index (χ0v) is 17.3. The van der Waals surface area contributed by atoms with Crippen LogP contribution in [0.3, 0.4) is 0 Å². The number of hydrogen-bond donors (Lipinski definition) is 1. The van der Waals surface area contributed by atoms with Gasteiger partial charge in [0.2, 0.25) is 11.9 Å². The van der Waals surface area contributed by atoms with Gasteiger partial charge in [-0.1, -0.05) is 11.8 Å². The van der Waals surface area contributed by atoms with Crippen LogP contribution in [0.5, 0.6) is 0 Å². The number of nitrogens with one attached hydrogen (secondary N) is 1. The number of anilines is 1. The summed E-state index contributed by atoms with van der Waals surface area (Å²) < 4.78 is 2.69. The molecule has 1 unspecified atom stereocenters. The molecular formula is C18H21N7OS2. The van der Waals surface area contributed by atoms with Crippen molar-refractivity contribution in [1.29, 1.82) is 0 Å². The van der Waals surface area contributed by atoms with Crippen molar-refractivity contribution in [2.24, 2.45) is 7.05 Å². The molecule has 0 aliphatic carbocycles. The number of thiazole rings is 1. The molecule has 1 aliphatic rings. The van der Waals surface area contributed by atoms with Crippen LogP contribution in [0.2, 0.25) is 0 Å². The monoisotopic (exact) mass is 415 g/mol. The molecule has 1 saturated heterocycles. The summed E-state index contributed by atoms with van der Waals surface area (Å²) in [6.07, 6.45) is 6.37. The Labute approximate surface area is 171 Å². The molecule has 4 rings (SSSR count). The first-order chi connectivity index (χ1) is 13.6. The van der Waals surface area contributed by atoms with Gasteiger partial charge in [0, 0.05) is 55.2 Å². The molecule has 4 heterocycles. The molecular weight excluding hydrogens is 394 g/mol. The first-order valence-electron chi connectivity index (χ1n) is 8.98. The van der Waals surface area contributed by atoms with Crippen molar-refractivity contribution in [1.82, 2.24) is 30.0 Å². The number of amides is 1. The van der Waals surface area contributed by atoms with Crippen molar-refractivity contribution in [3.8, 4) is 11.3 Å². The predicted octanol–water partition coefficient (Wildman–Crippen LogP) is 2.13. The van der Waals surface area contributed by atoms with Crippen molar-refractivity contribution in [3.63, 3.8) is 0 Å². The van der Waals surface area contributed by atoms with Crippen LogP contribution in [0.1, 0.15) is 12.1 Å². The second-order valence-electron chi connectivity index (χ2n) is 6.69. The van der Waals surface area contributed by atoms with Gasteiger partial charge >= 0.3 is 0 Å². The lowest BCUT2D eigenvalue weighted by Gasteiger charge is -2.17.